The number of rotatable bonds is 4. The zero-order valence-corrected chi connectivity index (χ0v) is 13.0. The molecule has 0 amide bonds. The number of aliphatic hydroxyl groups is 1. The number of halogens is 2. The first-order valence-electron chi connectivity index (χ1n) is 6.14. The molecule has 20 heavy (non-hydrogen) atoms. The summed E-state index contributed by atoms with van der Waals surface area (Å²) < 4.78 is 6.90. The largest absolute Gasteiger partial charge is 0.481 e. The monoisotopic (exact) mass is 314 g/mol. The Bertz CT molecular complexity index is 626. The minimum Gasteiger partial charge on any atom is -0.481 e. The van der Waals surface area contributed by atoms with Crippen molar-refractivity contribution < 1.29 is 9.84 Å². The van der Waals surface area contributed by atoms with Gasteiger partial charge < -0.3 is 9.84 Å². The van der Waals surface area contributed by atoms with Gasteiger partial charge in [-0.05, 0) is 18.6 Å². The van der Waals surface area contributed by atoms with Gasteiger partial charge in [-0.15, -0.1) is 0 Å². The maximum Gasteiger partial charge on any atom is 0.217 e. The van der Waals surface area contributed by atoms with E-state index >= 15 is 0 Å². The van der Waals surface area contributed by atoms with E-state index in [0.717, 1.165) is 11.3 Å². The van der Waals surface area contributed by atoms with Crippen LogP contribution in [0.25, 0.3) is 0 Å². The van der Waals surface area contributed by atoms with Crippen molar-refractivity contribution in [2.75, 3.05) is 7.11 Å². The highest BCUT2D eigenvalue weighted by Gasteiger charge is 2.22. The second-order valence-corrected chi connectivity index (χ2v) is 5.35. The Labute approximate surface area is 127 Å². The van der Waals surface area contributed by atoms with Crippen LogP contribution in [0.4, 0.5) is 0 Å². The minimum absolute atomic E-state index is 0.349. The number of aryl methyl sites for hydroxylation is 2. The molecule has 1 atom stereocenters. The molecule has 0 spiro atoms. The van der Waals surface area contributed by atoms with Gasteiger partial charge in [-0.2, -0.15) is 5.10 Å². The highest BCUT2D eigenvalue weighted by atomic mass is 35.5. The molecule has 0 aliphatic heterocycles. The molecular formula is C14H16Cl2N2O2. The standard InChI is InChI=1S/C14H16Cl2N2O2/c1-8-12(14(20-3)18(2)17-8)11(19)7-9-5-4-6-10(15)13(9)16/h4-6,11,19H,7H2,1-3H3. The normalized spacial score (nSPS) is 12.5. The van der Waals surface area contributed by atoms with E-state index in [9.17, 15) is 5.11 Å². The molecule has 0 aliphatic carbocycles. The molecule has 1 aromatic carbocycles. The zero-order valence-electron chi connectivity index (χ0n) is 11.5. The average molecular weight is 315 g/mol. The Morgan fingerprint density at radius 1 is 1.40 bits per heavy atom. The molecule has 0 radical (unpaired) electrons. The molecule has 108 valence electrons. The van der Waals surface area contributed by atoms with Crippen molar-refractivity contribution >= 4 is 23.2 Å². The Kier molecular flexibility index (Phi) is 4.58. The molecule has 4 nitrogen and oxygen atoms in total. The molecule has 2 aromatic rings. The van der Waals surface area contributed by atoms with Crippen molar-refractivity contribution in [3.63, 3.8) is 0 Å². The van der Waals surface area contributed by atoms with Gasteiger partial charge in [-0.3, -0.25) is 0 Å². The van der Waals surface area contributed by atoms with Crippen LogP contribution in [0, 0.1) is 6.92 Å². The molecule has 0 saturated heterocycles. The van der Waals surface area contributed by atoms with Crippen molar-refractivity contribution in [1.29, 1.82) is 0 Å². The van der Waals surface area contributed by atoms with E-state index < -0.39 is 6.10 Å². The van der Waals surface area contributed by atoms with Crippen LogP contribution in [0.2, 0.25) is 10.0 Å². The maximum absolute atomic E-state index is 10.5. The van der Waals surface area contributed by atoms with Crippen molar-refractivity contribution in [3.8, 4) is 5.88 Å². The number of methoxy groups -OCH3 is 1. The van der Waals surface area contributed by atoms with E-state index in [-0.39, 0.29) is 0 Å². The minimum atomic E-state index is -0.755. The number of hydrogen-bond donors (Lipinski definition) is 1. The molecular weight excluding hydrogens is 299 g/mol. The number of aliphatic hydroxyl groups excluding tert-OH is 1. The van der Waals surface area contributed by atoms with Crippen molar-refractivity contribution in [2.24, 2.45) is 7.05 Å². The molecule has 1 aromatic heterocycles. The van der Waals surface area contributed by atoms with Crippen LogP contribution in [-0.4, -0.2) is 22.0 Å². The number of benzene rings is 1. The summed E-state index contributed by atoms with van der Waals surface area (Å²) in [5.74, 6) is 0.549. The Morgan fingerprint density at radius 2 is 2.10 bits per heavy atom. The van der Waals surface area contributed by atoms with Crippen LogP contribution < -0.4 is 4.74 Å². The highest BCUT2D eigenvalue weighted by molar-refractivity contribution is 6.42. The average Bonchev–Trinajstić information content (AvgIpc) is 2.69. The SMILES string of the molecule is COc1c(C(O)Cc2cccc(Cl)c2Cl)c(C)nn1C. The van der Waals surface area contributed by atoms with E-state index in [1.807, 2.05) is 19.1 Å². The van der Waals surface area contributed by atoms with Crippen molar-refractivity contribution in [3.05, 3.63) is 45.1 Å². The van der Waals surface area contributed by atoms with Crippen LogP contribution in [0.1, 0.15) is 22.9 Å². The number of aromatic nitrogens is 2. The number of hydrogen-bond acceptors (Lipinski definition) is 3. The summed E-state index contributed by atoms with van der Waals surface area (Å²) in [4.78, 5) is 0. The predicted octanol–water partition coefficient (Wildman–Crippen LogP) is 3.32. The zero-order chi connectivity index (χ0) is 14.9. The molecule has 6 heteroatoms. The molecule has 1 unspecified atom stereocenters. The summed E-state index contributed by atoms with van der Waals surface area (Å²) in [6, 6.07) is 5.37. The first-order chi connectivity index (χ1) is 9.45. The van der Waals surface area contributed by atoms with Crippen LogP contribution >= 0.6 is 23.2 Å². The fraction of sp³-hybridized carbons (Fsp3) is 0.357. The smallest absolute Gasteiger partial charge is 0.217 e. The summed E-state index contributed by atoms with van der Waals surface area (Å²) in [6.45, 7) is 1.83. The summed E-state index contributed by atoms with van der Waals surface area (Å²) in [6.07, 6.45) is -0.405. The van der Waals surface area contributed by atoms with E-state index in [0.29, 0.717) is 27.9 Å². The van der Waals surface area contributed by atoms with Gasteiger partial charge in [0.15, 0.2) is 0 Å². The van der Waals surface area contributed by atoms with Gasteiger partial charge in [-0.25, -0.2) is 4.68 Å². The fourth-order valence-corrected chi connectivity index (χ4v) is 2.69. The quantitative estimate of drug-likeness (QED) is 0.941. The van der Waals surface area contributed by atoms with Gasteiger partial charge in [-0.1, -0.05) is 35.3 Å². The van der Waals surface area contributed by atoms with Crippen LogP contribution in [0.15, 0.2) is 18.2 Å². The Morgan fingerprint density at radius 3 is 2.75 bits per heavy atom. The molecule has 0 saturated carbocycles. The lowest BCUT2D eigenvalue weighted by Crippen LogP contribution is -2.05. The third-order valence-electron chi connectivity index (χ3n) is 3.19. The Balaban J connectivity index is 2.33. The molecule has 1 heterocycles. The third kappa shape index (κ3) is 2.77. The van der Waals surface area contributed by atoms with Crippen LogP contribution in [-0.2, 0) is 13.5 Å². The topological polar surface area (TPSA) is 47.3 Å². The van der Waals surface area contributed by atoms with E-state index in [4.69, 9.17) is 27.9 Å². The van der Waals surface area contributed by atoms with Gasteiger partial charge in [0.05, 0.1) is 34.5 Å². The Hall–Kier alpha value is -1.23. The molecule has 2 rings (SSSR count). The molecule has 0 fully saturated rings. The predicted molar refractivity (Wildman–Crippen MR) is 79.6 cm³/mol. The molecule has 0 bridgehead atoms. The van der Waals surface area contributed by atoms with E-state index in [1.54, 1.807) is 24.9 Å². The second kappa shape index (κ2) is 6.04. The van der Waals surface area contributed by atoms with Gasteiger partial charge in [0.1, 0.15) is 0 Å². The van der Waals surface area contributed by atoms with Crippen LogP contribution in [0.3, 0.4) is 0 Å². The number of nitrogens with zero attached hydrogens (tertiary/aromatic N) is 2. The summed E-state index contributed by atoms with van der Waals surface area (Å²) >= 11 is 12.1. The van der Waals surface area contributed by atoms with Gasteiger partial charge in [0, 0.05) is 13.5 Å². The lowest BCUT2D eigenvalue weighted by molar-refractivity contribution is 0.172. The lowest BCUT2D eigenvalue weighted by atomic mass is 10.0. The van der Waals surface area contributed by atoms with E-state index in [2.05, 4.69) is 5.10 Å². The van der Waals surface area contributed by atoms with E-state index in [1.165, 1.54) is 0 Å². The van der Waals surface area contributed by atoms with Crippen molar-refractivity contribution in [2.45, 2.75) is 19.4 Å². The third-order valence-corrected chi connectivity index (χ3v) is 4.04. The number of ether oxygens (including phenoxy) is 1. The van der Waals surface area contributed by atoms with Gasteiger partial charge in [0.25, 0.3) is 0 Å². The molecule has 1 N–H and O–H groups in total. The van der Waals surface area contributed by atoms with Crippen molar-refractivity contribution in [1.82, 2.24) is 9.78 Å². The van der Waals surface area contributed by atoms with Gasteiger partial charge in [0.2, 0.25) is 5.88 Å². The fourth-order valence-electron chi connectivity index (χ4n) is 2.30. The first-order valence-corrected chi connectivity index (χ1v) is 6.89. The summed E-state index contributed by atoms with van der Waals surface area (Å²) in [7, 11) is 3.33. The van der Waals surface area contributed by atoms with Gasteiger partial charge >= 0.3 is 0 Å². The maximum atomic E-state index is 10.5. The summed E-state index contributed by atoms with van der Waals surface area (Å²) in [5, 5.41) is 15.7. The lowest BCUT2D eigenvalue weighted by Gasteiger charge is -2.13. The molecule has 0 aliphatic rings. The second-order valence-electron chi connectivity index (χ2n) is 4.56. The summed E-state index contributed by atoms with van der Waals surface area (Å²) in [5.41, 5.74) is 2.19. The highest BCUT2D eigenvalue weighted by Crippen LogP contribution is 2.33. The first kappa shape index (κ1) is 15.2. The van der Waals surface area contributed by atoms with Crippen LogP contribution in [0.5, 0.6) is 5.88 Å².